The number of aromatic carboxylic acids is 1. The molecule has 0 saturated heterocycles. The van der Waals surface area contributed by atoms with Crippen molar-refractivity contribution >= 4 is 62.8 Å². The van der Waals surface area contributed by atoms with Gasteiger partial charge in [-0.3, -0.25) is 9.36 Å². The van der Waals surface area contributed by atoms with Gasteiger partial charge in [-0.05, 0) is 67.3 Å². The Morgan fingerprint density at radius 3 is 2.56 bits per heavy atom. The molecule has 8 bridgehead atoms. The van der Waals surface area contributed by atoms with Gasteiger partial charge >= 0.3 is 12.1 Å². The SMILES string of the molecule is Cc1c2c(nn1C)CSCc1cc(n(C)n1)CSc1cc(c3ccc(F)cc3c1)OCCCn1c(C(=O)O)c(C(F)(F)F)c3c-2c(Cl)ccc31. The lowest BCUT2D eigenvalue weighted by molar-refractivity contribution is -0.136. The highest BCUT2D eigenvalue weighted by Gasteiger charge is 2.42. The van der Waals surface area contributed by atoms with Gasteiger partial charge in [0.2, 0.25) is 0 Å². The predicted octanol–water partition coefficient (Wildman–Crippen LogP) is 9.25. The molecule has 7 rings (SSSR count). The van der Waals surface area contributed by atoms with Crippen LogP contribution < -0.4 is 4.74 Å². The standard InChI is InChI=1S/C35H30ClF4N5O3S2/c1-18-29-26(42-43(18)2)17-49-15-21-13-22(44(3)41-21)16-50-23-12-19-11-20(37)5-6-24(19)28(14-23)48-10-4-9-45-27-8-7-25(36)30(29)31(27)32(35(38,39)40)33(45)34(46)47/h5-8,11-14H,4,9-10,15-17H2,1-3H3,(H,46,47). The quantitative estimate of drug-likeness (QED) is 0.168. The molecule has 0 saturated carbocycles. The number of hydrogen-bond acceptors (Lipinski definition) is 6. The first-order valence-electron chi connectivity index (χ1n) is 15.6. The molecular weight excluding hydrogens is 714 g/mol. The van der Waals surface area contributed by atoms with Crippen molar-refractivity contribution < 1.29 is 32.2 Å². The number of hydrogen-bond donors (Lipinski definition) is 1. The highest BCUT2D eigenvalue weighted by molar-refractivity contribution is 7.98. The van der Waals surface area contributed by atoms with E-state index in [1.807, 2.05) is 29.9 Å². The molecule has 3 aromatic heterocycles. The number of alkyl halides is 3. The lowest BCUT2D eigenvalue weighted by atomic mass is 9.96. The Hall–Kier alpha value is -4.14. The minimum atomic E-state index is -5.02. The normalized spacial score (nSPS) is 14.5. The molecule has 15 heteroatoms. The van der Waals surface area contributed by atoms with Crippen molar-refractivity contribution in [1.82, 2.24) is 24.1 Å². The largest absolute Gasteiger partial charge is 0.493 e. The summed E-state index contributed by atoms with van der Waals surface area (Å²) < 4.78 is 70.2. The van der Waals surface area contributed by atoms with Crippen LogP contribution in [0, 0.1) is 12.7 Å². The Morgan fingerprint density at radius 2 is 1.80 bits per heavy atom. The van der Waals surface area contributed by atoms with E-state index in [9.17, 15) is 14.3 Å². The second kappa shape index (κ2) is 13.2. The summed E-state index contributed by atoms with van der Waals surface area (Å²) in [6.07, 6.45) is -4.85. The first kappa shape index (κ1) is 34.3. The Morgan fingerprint density at radius 1 is 1.00 bits per heavy atom. The molecule has 3 aromatic carbocycles. The zero-order valence-corrected chi connectivity index (χ0v) is 29.5. The van der Waals surface area contributed by atoms with Gasteiger partial charge in [-0.2, -0.15) is 23.4 Å². The third kappa shape index (κ3) is 6.21. The average molecular weight is 744 g/mol. The number of rotatable bonds is 1. The van der Waals surface area contributed by atoms with Gasteiger partial charge in [0, 0.05) is 81.1 Å². The lowest BCUT2D eigenvalue weighted by Crippen LogP contribution is -2.16. The highest BCUT2D eigenvalue weighted by Crippen LogP contribution is 2.48. The van der Waals surface area contributed by atoms with Crippen LogP contribution in [0.2, 0.25) is 5.02 Å². The van der Waals surface area contributed by atoms with Gasteiger partial charge in [-0.25, -0.2) is 9.18 Å². The van der Waals surface area contributed by atoms with Crippen molar-refractivity contribution in [2.75, 3.05) is 6.61 Å². The predicted molar refractivity (Wildman–Crippen MR) is 188 cm³/mol. The second-order valence-electron chi connectivity index (χ2n) is 12.0. The number of benzene rings is 3. The molecule has 260 valence electrons. The number of aromatic nitrogens is 5. The van der Waals surface area contributed by atoms with Crippen LogP contribution in [0.25, 0.3) is 32.8 Å². The van der Waals surface area contributed by atoms with E-state index in [1.165, 1.54) is 40.6 Å². The summed E-state index contributed by atoms with van der Waals surface area (Å²) in [6, 6.07) is 13.1. The van der Waals surface area contributed by atoms with Gasteiger partial charge in [0.15, 0.2) is 0 Å². The van der Waals surface area contributed by atoms with E-state index in [1.54, 1.807) is 36.5 Å². The van der Waals surface area contributed by atoms with Crippen LogP contribution in [0.4, 0.5) is 17.6 Å². The van der Waals surface area contributed by atoms with E-state index in [2.05, 4.69) is 10.2 Å². The van der Waals surface area contributed by atoms with Gasteiger partial charge in [0.1, 0.15) is 17.3 Å². The van der Waals surface area contributed by atoms with Gasteiger partial charge in [0.05, 0.1) is 29.1 Å². The number of aryl methyl sites for hydroxylation is 3. The maximum absolute atomic E-state index is 15.0. The number of ether oxygens (including phenoxy) is 1. The van der Waals surface area contributed by atoms with Crippen LogP contribution in [0.5, 0.6) is 5.75 Å². The summed E-state index contributed by atoms with van der Waals surface area (Å²) in [6.45, 7) is 1.71. The summed E-state index contributed by atoms with van der Waals surface area (Å²) in [5.41, 5.74) is 1.38. The van der Waals surface area contributed by atoms with E-state index in [4.69, 9.17) is 16.3 Å². The van der Waals surface area contributed by atoms with Crippen LogP contribution >= 0.6 is 35.1 Å². The maximum atomic E-state index is 15.0. The third-order valence-electron chi connectivity index (χ3n) is 8.86. The number of carboxylic acids is 1. The van der Waals surface area contributed by atoms with E-state index < -0.39 is 29.2 Å². The molecule has 0 aliphatic carbocycles. The molecule has 0 radical (unpaired) electrons. The van der Waals surface area contributed by atoms with E-state index in [-0.39, 0.29) is 41.1 Å². The molecule has 6 aromatic rings. The average Bonchev–Trinajstić information content (AvgIpc) is 3.67. The smallest absolute Gasteiger partial charge is 0.419 e. The van der Waals surface area contributed by atoms with Crippen LogP contribution in [0.1, 0.15) is 45.2 Å². The van der Waals surface area contributed by atoms with Gasteiger partial charge < -0.3 is 14.4 Å². The third-order valence-corrected chi connectivity index (χ3v) is 11.2. The molecule has 1 aliphatic heterocycles. The molecule has 0 spiro atoms. The Balaban J connectivity index is 1.41. The van der Waals surface area contributed by atoms with E-state index in [0.717, 1.165) is 16.3 Å². The number of thioether (sulfide) groups is 2. The van der Waals surface area contributed by atoms with Crippen LogP contribution in [-0.2, 0) is 44.1 Å². The molecule has 0 fully saturated rings. The molecule has 8 nitrogen and oxygen atoms in total. The molecule has 0 amide bonds. The molecule has 50 heavy (non-hydrogen) atoms. The first-order chi connectivity index (χ1) is 23.8. The zero-order valence-electron chi connectivity index (χ0n) is 27.1. The maximum Gasteiger partial charge on any atom is 0.419 e. The van der Waals surface area contributed by atoms with Crippen molar-refractivity contribution in [1.29, 1.82) is 0 Å². The van der Waals surface area contributed by atoms with Crippen LogP contribution in [0.3, 0.4) is 0 Å². The van der Waals surface area contributed by atoms with Crippen LogP contribution in [-0.4, -0.2) is 41.8 Å². The fraction of sp³-hybridized carbons (Fsp3) is 0.286. The number of carbonyl (C=O) groups is 1. The van der Waals surface area contributed by atoms with Gasteiger partial charge in [-0.1, -0.05) is 11.6 Å². The summed E-state index contributed by atoms with van der Waals surface area (Å²) in [7, 11) is 3.58. The van der Waals surface area contributed by atoms with E-state index >= 15 is 13.2 Å². The fourth-order valence-corrected chi connectivity index (χ4v) is 8.65. The highest BCUT2D eigenvalue weighted by atomic mass is 35.5. The monoisotopic (exact) mass is 743 g/mol. The first-order valence-corrected chi connectivity index (χ1v) is 18.1. The molecular formula is C35H30ClF4N5O3S2. The minimum absolute atomic E-state index is 0.0509. The Bertz CT molecular complexity index is 2310. The molecule has 1 N–H and O–H groups in total. The van der Waals surface area contributed by atoms with Crippen molar-refractivity contribution in [3.05, 3.63) is 93.4 Å². The van der Waals surface area contributed by atoms with E-state index in [0.29, 0.717) is 50.7 Å². The van der Waals surface area contributed by atoms with Crippen molar-refractivity contribution in [3.63, 3.8) is 0 Å². The number of carboxylic acid groups (broad SMARTS) is 1. The number of halogens is 5. The molecule has 1 aliphatic rings. The van der Waals surface area contributed by atoms with Crippen molar-refractivity contribution in [2.45, 2.75) is 48.2 Å². The number of nitrogens with zero attached hydrogens (tertiary/aromatic N) is 5. The van der Waals surface area contributed by atoms with Gasteiger partial charge in [0.25, 0.3) is 0 Å². The lowest BCUT2D eigenvalue weighted by Gasteiger charge is -2.14. The fourth-order valence-electron chi connectivity index (χ4n) is 6.57. The minimum Gasteiger partial charge on any atom is -0.493 e. The molecule has 0 unspecified atom stereocenters. The summed E-state index contributed by atoms with van der Waals surface area (Å²) >= 11 is 9.80. The second-order valence-corrected chi connectivity index (χ2v) is 14.5. The van der Waals surface area contributed by atoms with Crippen molar-refractivity contribution in [3.8, 4) is 16.9 Å². The summed E-state index contributed by atoms with van der Waals surface area (Å²) in [4.78, 5) is 13.5. The molecule has 4 heterocycles. The molecule has 0 atom stereocenters. The number of fused-ring (bicyclic) bond motifs is 8. The Kier molecular flexibility index (Phi) is 9.06. The topological polar surface area (TPSA) is 87.1 Å². The van der Waals surface area contributed by atoms with Crippen LogP contribution in [0.15, 0.2) is 53.4 Å². The summed E-state index contributed by atoms with van der Waals surface area (Å²) in [5.74, 6) is -0.186. The Labute approximate surface area is 297 Å². The summed E-state index contributed by atoms with van der Waals surface area (Å²) in [5, 5.41) is 20.7. The van der Waals surface area contributed by atoms with Gasteiger partial charge in [-0.15, -0.1) is 23.5 Å². The zero-order chi connectivity index (χ0) is 35.5. The van der Waals surface area contributed by atoms with Crippen molar-refractivity contribution in [2.24, 2.45) is 14.1 Å².